The zero-order valence-corrected chi connectivity index (χ0v) is 11.4. The van der Waals surface area contributed by atoms with Crippen LogP contribution in [0.15, 0.2) is 29.1 Å². The molecule has 0 bridgehead atoms. The van der Waals surface area contributed by atoms with Gasteiger partial charge in [0.1, 0.15) is 5.82 Å². The van der Waals surface area contributed by atoms with Crippen LogP contribution in [0.4, 0.5) is 0 Å². The van der Waals surface area contributed by atoms with Gasteiger partial charge in [0, 0.05) is 6.42 Å². The number of aryl methyl sites for hydroxylation is 1. The molecule has 2 heterocycles. The first kappa shape index (κ1) is 12.7. The van der Waals surface area contributed by atoms with Crippen molar-refractivity contribution in [3.8, 4) is 0 Å². The summed E-state index contributed by atoms with van der Waals surface area (Å²) in [4.78, 5) is 28.6. The molecule has 1 aromatic carbocycles. The van der Waals surface area contributed by atoms with Crippen molar-refractivity contribution in [2.24, 2.45) is 0 Å². The molecule has 1 aliphatic heterocycles. The maximum absolute atomic E-state index is 12.6. The van der Waals surface area contributed by atoms with Crippen molar-refractivity contribution < 1.29 is 9.53 Å². The summed E-state index contributed by atoms with van der Waals surface area (Å²) >= 11 is 0. The second-order valence-corrected chi connectivity index (χ2v) is 4.68. The van der Waals surface area contributed by atoms with Crippen molar-refractivity contribution in [1.82, 2.24) is 9.66 Å². The molecule has 6 nitrogen and oxygen atoms in total. The predicted molar refractivity (Wildman–Crippen MR) is 74.3 cm³/mol. The molecule has 3 rings (SSSR count). The minimum Gasteiger partial charge on any atom is -0.467 e. The Kier molecular flexibility index (Phi) is 2.93. The third-order valence-corrected chi connectivity index (χ3v) is 3.45. The average molecular weight is 273 g/mol. The number of fused-ring (bicyclic) bond motifs is 1. The Morgan fingerprint density at radius 1 is 1.45 bits per heavy atom. The number of esters is 1. The van der Waals surface area contributed by atoms with Crippen LogP contribution in [0, 0.1) is 0 Å². The summed E-state index contributed by atoms with van der Waals surface area (Å²) in [5.41, 5.74) is 0.543. The Bertz CT molecular complexity index is 738. The lowest BCUT2D eigenvalue weighted by Gasteiger charge is -2.14. The fourth-order valence-corrected chi connectivity index (χ4v) is 2.35. The van der Waals surface area contributed by atoms with Crippen LogP contribution < -0.4 is 10.6 Å². The van der Waals surface area contributed by atoms with Gasteiger partial charge in [-0.05, 0) is 12.1 Å². The van der Waals surface area contributed by atoms with E-state index in [4.69, 9.17) is 4.74 Å². The van der Waals surface area contributed by atoms with Crippen molar-refractivity contribution in [3.63, 3.8) is 0 Å². The lowest BCUT2D eigenvalue weighted by Crippen LogP contribution is -2.35. The van der Waals surface area contributed by atoms with E-state index in [0.29, 0.717) is 29.7 Å². The lowest BCUT2D eigenvalue weighted by atomic mass is 10.2. The van der Waals surface area contributed by atoms with Crippen LogP contribution >= 0.6 is 0 Å². The highest BCUT2D eigenvalue weighted by Crippen LogP contribution is 2.18. The molecule has 104 valence electrons. The number of rotatable bonds is 3. The summed E-state index contributed by atoms with van der Waals surface area (Å²) in [7, 11) is 1.35. The first-order chi connectivity index (χ1) is 9.67. The minimum absolute atomic E-state index is 0.140. The van der Waals surface area contributed by atoms with Crippen molar-refractivity contribution in [2.75, 3.05) is 18.7 Å². The van der Waals surface area contributed by atoms with E-state index in [1.54, 1.807) is 17.1 Å². The average Bonchev–Trinajstić information content (AvgIpc) is 3.26. The minimum atomic E-state index is -0.383. The number of ether oxygens (including phenoxy) is 1. The molecule has 0 saturated carbocycles. The molecule has 0 amide bonds. The van der Waals surface area contributed by atoms with Crippen LogP contribution in [0.1, 0.15) is 12.7 Å². The van der Waals surface area contributed by atoms with E-state index in [-0.39, 0.29) is 17.6 Å². The van der Waals surface area contributed by atoms with Crippen LogP contribution in [-0.4, -0.2) is 35.3 Å². The van der Waals surface area contributed by atoms with E-state index in [9.17, 15) is 9.59 Å². The first-order valence-electron chi connectivity index (χ1n) is 6.52. The van der Waals surface area contributed by atoms with E-state index in [0.717, 1.165) is 0 Å². The second kappa shape index (κ2) is 4.63. The summed E-state index contributed by atoms with van der Waals surface area (Å²) in [6, 6.07) is 6.84. The van der Waals surface area contributed by atoms with Crippen LogP contribution in [0.25, 0.3) is 10.9 Å². The van der Waals surface area contributed by atoms with Crippen LogP contribution in [0.2, 0.25) is 0 Å². The van der Waals surface area contributed by atoms with E-state index >= 15 is 0 Å². The summed E-state index contributed by atoms with van der Waals surface area (Å²) < 4.78 is 6.21. The zero-order valence-electron chi connectivity index (χ0n) is 11.4. The molecule has 0 radical (unpaired) electrons. The van der Waals surface area contributed by atoms with Crippen molar-refractivity contribution >= 4 is 16.9 Å². The van der Waals surface area contributed by atoms with E-state index in [1.165, 1.54) is 11.8 Å². The molecular formula is C14H15N3O3. The maximum Gasteiger partial charge on any atom is 0.332 e. The molecular weight excluding hydrogens is 258 g/mol. The Hall–Kier alpha value is -2.37. The Morgan fingerprint density at radius 2 is 2.20 bits per heavy atom. The van der Waals surface area contributed by atoms with Crippen molar-refractivity contribution in [2.45, 2.75) is 19.4 Å². The molecule has 1 fully saturated rings. The number of benzene rings is 1. The highest BCUT2D eigenvalue weighted by atomic mass is 16.5. The van der Waals surface area contributed by atoms with Gasteiger partial charge in [0.25, 0.3) is 5.56 Å². The third kappa shape index (κ3) is 1.84. The van der Waals surface area contributed by atoms with Crippen LogP contribution in [0.5, 0.6) is 0 Å². The molecule has 0 N–H and O–H groups in total. The summed E-state index contributed by atoms with van der Waals surface area (Å²) in [5, 5.41) is 2.24. The van der Waals surface area contributed by atoms with Gasteiger partial charge >= 0.3 is 5.97 Å². The normalized spacial score (nSPS) is 17.3. The van der Waals surface area contributed by atoms with E-state index in [1.807, 2.05) is 19.1 Å². The molecule has 1 aliphatic rings. The second-order valence-electron chi connectivity index (χ2n) is 4.68. The standard InChI is InChI=1S/C14H15N3O3/c1-3-12-15-10-7-5-4-6-9(10)13(18)17(12)16-8-11(16)14(19)20-2/h4-7,11H,3,8H2,1-2H3/t11-,16?/m0/s1. The molecule has 0 aliphatic carbocycles. The van der Waals surface area contributed by atoms with E-state index < -0.39 is 0 Å². The Balaban J connectivity index is 2.13. The van der Waals surface area contributed by atoms with Gasteiger partial charge in [-0.2, -0.15) is 0 Å². The van der Waals surface area contributed by atoms with Crippen molar-refractivity contribution in [1.29, 1.82) is 0 Å². The van der Waals surface area contributed by atoms with Gasteiger partial charge in [-0.3, -0.25) is 9.80 Å². The SMILES string of the molecule is CCc1nc2ccccc2c(=O)n1N1C[C@H]1C(=O)OC. The molecule has 1 atom stereocenters. The van der Waals surface area contributed by atoms with E-state index in [2.05, 4.69) is 4.98 Å². The highest BCUT2D eigenvalue weighted by Gasteiger charge is 2.44. The van der Waals surface area contributed by atoms with Crippen LogP contribution in [0.3, 0.4) is 0 Å². The summed E-state index contributed by atoms with van der Waals surface area (Å²) in [6.45, 7) is 2.42. The topological polar surface area (TPSA) is 64.2 Å². The smallest absolute Gasteiger partial charge is 0.332 e. The fourth-order valence-electron chi connectivity index (χ4n) is 2.35. The Labute approximate surface area is 115 Å². The van der Waals surface area contributed by atoms with Gasteiger partial charge in [0.2, 0.25) is 0 Å². The molecule has 0 unspecified atom stereocenters. The summed E-state index contributed by atoms with van der Waals surface area (Å²) in [6.07, 6.45) is 0.616. The third-order valence-electron chi connectivity index (χ3n) is 3.45. The van der Waals surface area contributed by atoms with Gasteiger partial charge in [-0.15, -0.1) is 0 Å². The number of aromatic nitrogens is 2. The van der Waals surface area contributed by atoms with Crippen molar-refractivity contribution in [3.05, 3.63) is 40.4 Å². The summed E-state index contributed by atoms with van der Waals surface area (Å²) in [5.74, 6) is 0.326. The molecule has 1 aromatic heterocycles. The van der Waals surface area contributed by atoms with Gasteiger partial charge in [-0.1, -0.05) is 19.1 Å². The highest BCUT2D eigenvalue weighted by molar-refractivity contribution is 5.83. The van der Waals surface area contributed by atoms with Gasteiger partial charge in [-0.25, -0.2) is 14.5 Å². The number of hydrogen-bond donors (Lipinski definition) is 0. The predicted octanol–water partition coefficient (Wildman–Crippen LogP) is 0.452. The number of carbonyl (C=O) groups is 1. The first-order valence-corrected chi connectivity index (χ1v) is 6.52. The molecule has 2 aromatic rings. The zero-order chi connectivity index (χ0) is 14.3. The number of hydrogen-bond acceptors (Lipinski definition) is 5. The lowest BCUT2D eigenvalue weighted by molar-refractivity contribution is -0.139. The number of nitrogens with zero attached hydrogens (tertiary/aromatic N) is 3. The monoisotopic (exact) mass is 273 g/mol. The van der Waals surface area contributed by atoms with Gasteiger partial charge in [0.05, 0.1) is 24.6 Å². The molecule has 1 saturated heterocycles. The quantitative estimate of drug-likeness (QED) is 0.600. The number of methoxy groups -OCH3 is 1. The number of carbonyl (C=O) groups excluding carboxylic acids is 1. The maximum atomic E-state index is 12.6. The Morgan fingerprint density at radius 3 is 2.90 bits per heavy atom. The number of para-hydroxylation sites is 1. The fraction of sp³-hybridized carbons (Fsp3) is 0.357. The molecule has 20 heavy (non-hydrogen) atoms. The van der Waals surface area contributed by atoms with Gasteiger partial charge in [0.15, 0.2) is 6.04 Å². The van der Waals surface area contributed by atoms with Gasteiger partial charge < -0.3 is 4.74 Å². The molecule has 0 spiro atoms. The van der Waals surface area contributed by atoms with Crippen LogP contribution in [-0.2, 0) is 16.0 Å². The largest absolute Gasteiger partial charge is 0.467 e. The molecule has 6 heteroatoms.